The van der Waals surface area contributed by atoms with Gasteiger partial charge in [0.25, 0.3) is 5.91 Å². The molecule has 1 aliphatic rings. The standard InChI is InChI=1S/C13H13N3O3/c1-7-13(17)15-10-4-8(2-3-11(10)18-7)12-5-9(6-14)16-19-12/h2-5,7H,6,14H2,1H3,(H,15,17). The molecule has 1 aliphatic heterocycles. The number of rotatable bonds is 2. The monoisotopic (exact) mass is 259 g/mol. The molecule has 0 bridgehead atoms. The lowest BCUT2D eigenvalue weighted by Gasteiger charge is -2.23. The van der Waals surface area contributed by atoms with Gasteiger partial charge in [0.15, 0.2) is 11.9 Å². The van der Waals surface area contributed by atoms with Crippen molar-refractivity contribution in [3.63, 3.8) is 0 Å². The number of benzene rings is 1. The van der Waals surface area contributed by atoms with Gasteiger partial charge in [-0.25, -0.2) is 0 Å². The second-order valence-electron chi connectivity index (χ2n) is 4.35. The van der Waals surface area contributed by atoms with Crippen LogP contribution in [0.2, 0.25) is 0 Å². The first-order valence-corrected chi connectivity index (χ1v) is 5.95. The molecule has 1 amide bonds. The zero-order valence-corrected chi connectivity index (χ0v) is 10.3. The molecule has 98 valence electrons. The van der Waals surface area contributed by atoms with Crippen LogP contribution in [0, 0.1) is 0 Å². The van der Waals surface area contributed by atoms with Gasteiger partial charge in [-0.15, -0.1) is 0 Å². The van der Waals surface area contributed by atoms with E-state index in [-0.39, 0.29) is 5.91 Å². The fourth-order valence-corrected chi connectivity index (χ4v) is 1.91. The van der Waals surface area contributed by atoms with Crippen LogP contribution in [0.3, 0.4) is 0 Å². The first-order chi connectivity index (χ1) is 9.17. The van der Waals surface area contributed by atoms with Crippen LogP contribution in [-0.2, 0) is 11.3 Å². The van der Waals surface area contributed by atoms with Crippen LogP contribution < -0.4 is 15.8 Å². The maximum atomic E-state index is 11.6. The number of nitrogens with two attached hydrogens (primary N) is 1. The van der Waals surface area contributed by atoms with Gasteiger partial charge in [-0.2, -0.15) is 0 Å². The van der Waals surface area contributed by atoms with Gasteiger partial charge < -0.3 is 20.3 Å². The third-order valence-corrected chi connectivity index (χ3v) is 2.96. The quantitative estimate of drug-likeness (QED) is 0.853. The predicted octanol–water partition coefficient (Wildman–Crippen LogP) is 1.52. The smallest absolute Gasteiger partial charge is 0.265 e. The zero-order chi connectivity index (χ0) is 13.4. The molecule has 2 heterocycles. The van der Waals surface area contributed by atoms with Gasteiger partial charge in [0, 0.05) is 18.2 Å². The molecular formula is C13H13N3O3. The number of anilines is 1. The second kappa shape index (κ2) is 4.40. The lowest BCUT2D eigenvalue weighted by atomic mass is 10.1. The summed E-state index contributed by atoms with van der Waals surface area (Å²) in [5.74, 6) is 1.09. The highest BCUT2D eigenvalue weighted by Gasteiger charge is 2.24. The van der Waals surface area contributed by atoms with E-state index in [1.165, 1.54) is 0 Å². The Morgan fingerprint density at radius 2 is 2.26 bits per heavy atom. The van der Waals surface area contributed by atoms with Crippen LogP contribution in [-0.4, -0.2) is 17.2 Å². The minimum atomic E-state index is -0.479. The third kappa shape index (κ3) is 2.06. The van der Waals surface area contributed by atoms with Crippen molar-refractivity contribution in [3.8, 4) is 17.1 Å². The number of carbonyl (C=O) groups is 1. The number of ether oxygens (including phenoxy) is 1. The lowest BCUT2D eigenvalue weighted by molar-refractivity contribution is -0.122. The van der Waals surface area contributed by atoms with E-state index < -0.39 is 6.10 Å². The number of carbonyl (C=O) groups excluding carboxylic acids is 1. The molecule has 1 aromatic heterocycles. The molecule has 6 heteroatoms. The highest BCUT2D eigenvalue weighted by Crippen LogP contribution is 2.34. The topological polar surface area (TPSA) is 90.4 Å². The zero-order valence-electron chi connectivity index (χ0n) is 10.3. The number of amides is 1. The van der Waals surface area contributed by atoms with Crippen LogP contribution in [0.15, 0.2) is 28.8 Å². The Morgan fingerprint density at radius 3 is 3.00 bits per heavy atom. The Labute approximate surface area is 109 Å². The van der Waals surface area contributed by atoms with Crippen molar-refractivity contribution in [2.45, 2.75) is 19.6 Å². The Bertz CT molecular complexity index is 636. The summed E-state index contributed by atoms with van der Waals surface area (Å²) in [6.07, 6.45) is -0.479. The van der Waals surface area contributed by atoms with Crippen LogP contribution in [0.4, 0.5) is 5.69 Å². The first kappa shape index (κ1) is 11.7. The van der Waals surface area contributed by atoms with Crippen molar-refractivity contribution in [2.24, 2.45) is 5.73 Å². The van der Waals surface area contributed by atoms with E-state index in [1.54, 1.807) is 25.1 Å². The summed E-state index contributed by atoms with van der Waals surface area (Å²) in [5, 5.41) is 6.62. The van der Waals surface area contributed by atoms with E-state index in [2.05, 4.69) is 10.5 Å². The molecule has 2 aromatic rings. The van der Waals surface area contributed by atoms with Gasteiger partial charge in [0.1, 0.15) is 5.75 Å². The molecule has 0 aliphatic carbocycles. The summed E-state index contributed by atoms with van der Waals surface area (Å²) < 4.78 is 10.7. The Morgan fingerprint density at radius 1 is 1.42 bits per heavy atom. The van der Waals surface area contributed by atoms with E-state index in [0.29, 0.717) is 29.4 Å². The third-order valence-electron chi connectivity index (χ3n) is 2.96. The summed E-state index contributed by atoms with van der Waals surface area (Å²) in [6, 6.07) is 7.21. The van der Waals surface area contributed by atoms with E-state index in [9.17, 15) is 4.79 Å². The first-order valence-electron chi connectivity index (χ1n) is 5.95. The van der Waals surface area contributed by atoms with Crippen molar-refractivity contribution in [1.82, 2.24) is 5.16 Å². The van der Waals surface area contributed by atoms with Crippen molar-refractivity contribution in [2.75, 3.05) is 5.32 Å². The van der Waals surface area contributed by atoms with Crippen molar-refractivity contribution >= 4 is 11.6 Å². The second-order valence-corrected chi connectivity index (χ2v) is 4.35. The molecule has 1 unspecified atom stereocenters. The minimum absolute atomic E-state index is 0.162. The summed E-state index contributed by atoms with van der Waals surface area (Å²) in [6.45, 7) is 2.03. The molecular weight excluding hydrogens is 246 g/mol. The van der Waals surface area contributed by atoms with E-state index >= 15 is 0 Å². The highest BCUT2D eigenvalue weighted by atomic mass is 16.5. The molecule has 1 aromatic carbocycles. The maximum Gasteiger partial charge on any atom is 0.265 e. The average Bonchev–Trinajstić information content (AvgIpc) is 2.88. The largest absolute Gasteiger partial charge is 0.479 e. The summed E-state index contributed by atoms with van der Waals surface area (Å²) in [7, 11) is 0. The molecule has 6 nitrogen and oxygen atoms in total. The van der Waals surface area contributed by atoms with Crippen LogP contribution in [0.1, 0.15) is 12.6 Å². The molecule has 19 heavy (non-hydrogen) atoms. The Kier molecular flexibility index (Phi) is 2.72. The van der Waals surface area contributed by atoms with Gasteiger partial charge in [-0.3, -0.25) is 4.79 Å². The summed E-state index contributed by atoms with van der Waals surface area (Å²) >= 11 is 0. The highest BCUT2D eigenvalue weighted by molar-refractivity contribution is 5.98. The van der Waals surface area contributed by atoms with Crippen LogP contribution in [0.5, 0.6) is 5.75 Å². The van der Waals surface area contributed by atoms with Gasteiger partial charge in [-0.05, 0) is 25.1 Å². The van der Waals surface area contributed by atoms with Crippen LogP contribution >= 0.6 is 0 Å². The summed E-state index contributed by atoms with van der Waals surface area (Å²) in [5.41, 5.74) is 7.61. The number of nitrogens with one attached hydrogen (secondary N) is 1. The van der Waals surface area contributed by atoms with Gasteiger partial charge in [0.2, 0.25) is 0 Å². The number of hydrogen-bond donors (Lipinski definition) is 2. The molecule has 0 spiro atoms. The maximum absolute atomic E-state index is 11.6. The summed E-state index contributed by atoms with van der Waals surface area (Å²) in [4.78, 5) is 11.6. The molecule has 1 atom stereocenters. The van der Waals surface area contributed by atoms with Crippen molar-refractivity contribution in [3.05, 3.63) is 30.0 Å². The van der Waals surface area contributed by atoms with E-state index in [0.717, 1.165) is 5.56 Å². The number of aromatic nitrogens is 1. The van der Waals surface area contributed by atoms with Crippen molar-refractivity contribution in [1.29, 1.82) is 0 Å². The fourth-order valence-electron chi connectivity index (χ4n) is 1.91. The lowest BCUT2D eigenvalue weighted by Crippen LogP contribution is -2.34. The van der Waals surface area contributed by atoms with E-state index in [4.69, 9.17) is 15.0 Å². The fraction of sp³-hybridized carbons (Fsp3) is 0.231. The van der Waals surface area contributed by atoms with Gasteiger partial charge >= 0.3 is 0 Å². The molecule has 0 saturated heterocycles. The molecule has 0 fully saturated rings. The Balaban J connectivity index is 1.97. The predicted molar refractivity (Wildman–Crippen MR) is 68.6 cm³/mol. The molecule has 3 N–H and O–H groups in total. The SMILES string of the molecule is CC1Oc2ccc(-c3cc(CN)no3)cc2NC1=O. The minimum Gasteiger partial charge on any atom is -0.479 e. The average molecular weight is 259 g/mol. The van der Waals surface area contributed by atoms with Crippen molar-refractivity contribution < 1.29 is 14.1 Å². The van der Waals surface area contributed by atoms with Gasteiger partial charge in [0.05, 0.1) is 11.4 Å². The van der Waals surface area contributed by atoms with Crippen LogP contribution in [0.25, 0.3) is 11.3 Å². The normalized spacial score (nSPS) is 17.6. The molecule has 3 rings (SSSR count). The van der Waals surface area contributed by atoms with Gasteiger partial charge in [-0.1, -0.05) is 5.16 Å². The molecule has 0 radical (unpaired) electrons. The number of hydrogen-bond acceptors (Lipinski definition) is 5. The molecule has 0 saturated carbocycles. The van der Waals surface area contributed by atoms with E-state index in [1.807, 2.05) is 6.07 Å². The number of fused-ring (bicyclic) bond motifs is 1. The number of nitrogens with zero attached hydrogens (tertiary/aromatic N) is 1. The Hall–Kier alpha value is -2.34.